The molecule has 2 aromatic heterocycles. The zero-order chi connectivity index (χ0) is 20.6. The van der Waals surface area contributed by atoms with Gasteiger partial charge in [0.15, 0.2) is 0 Å². The second kappa shape index (κ2) is 7.49. The van der Waals surface area contributed by atoms with E-state index in [1.165, 1.54) is 0 Å². The van der Waals surface area contributed by atoms with Crippen LogP contribution in [0.15, 0.2) is 52.8 Å². The van der Waals surface area contributed by atoms with E-state index in [-0.39, 0.29) is 0 Å². The van der Waals surface area contributed by atoms with E-state index in [1.807, 2.05) is 0 Å². The van der Waals surface area contributed by atoms with Gasteiger partial charge in [-0.15, -0.1) is 0 Å². The molecule has 0 saturated heterocycles. The lowest BCUT2D eigenvalue weighted by Crippen LogP contribution is -1.88. The summed E-state index contributed by atoms with van der Waals surface area (Å²) in [6.07, 6.45) is 0. The summed E-state index contributed by atoms with van der Waals surface area (Å²) in [5.41, 5.74) is 2.89. The van der Waals surface area contributed by atoms with Gasteiger partial charge in [0.1, 0.15) is 20.1 Å². The largest absolute Gasteiger partial charge is 0.237 e. The number of hydrogen-bond acceptors (Lipinski definition) is 8. The number of nitrogens with zero attached hydrogens (tertiary/aromatic N) is 4. The van der Waals surface area contributed by atoms with Crippen LogP contribution in [0.5, 0.6) is 0 Å². The van der Waals surface area contributed by atoms with Crippen LogP contribution in [-0.2, 0) is 0 Å². The average Bonchev–Trinajstić information content (AvgIpc) is 3.29. The molecule has 6 rings (SSSR count). The van der Waals surface area contributed by atoms with E-state index in [4.69, 9.17) is 66.3 Å². The van der Waals surface area contributed by atoms with Gasteiger partial charge in [0.2, 0.25) is 0 Å². The molecule has 0 fully saturated rings. The summed E-state index contributed by atoms with van der Waals surface area (Å²) in [6, 6.07) is 6.97. The number of halogens is 4. The minimum Gasteiger partial charge on any atom is -0.237 e. The van der Waals surface area contributed by atoms with Crippen LogP contribution in [0.4, 0.5) is 0 Å². The first kappa shape index (κ1) is 20.1. The van der Waals surface area contributed by atoms with Crippen LogP contribution in [0.3, 0.4) is 0 Å². The Labute approximate surface area is 206 Å². The van der Waals surface area contributed by atoms with E-state index in [1.54, 1.807) is 71.3 Å². The Morgan fingerprint density at radius 1 is 0.433 bits per heavy atom. The Morgan fingerprint density at radius 2 is 0.667 bits per heavy atom. The first-order valence-electron chi connectivity index (χ1n) is 8.24. The van der Waals surface area contributed by atoms with Crippen molar-refractivity contribution in [2.75, 3.05) is 0 Å². The molecule has 0 spiro atoms. The standard InChI is InChI=1S/C18H4Cl4N4S4/c19-5-1-9-10(2-6(5)20)24-14-13(23-9)27-17(28-14)18-29-15-16(30-18)26-12-4-8(22)7(21)3-11(12)25-15/h1-4H. The highest BCUT2D eigenvalue weighted by atomic mass is 35.5. The lowest BCUT2D eigenvalue weighted by Gasteiger charge is -2.01. The maximum absolute atomic E-state index is 6.13. The fourth-order valence-corrected chi connectivity index (χ4v) is 8.42. The number of rotatable bonds is 0. The Hall–Kier alpha value is -0.580. The van der Waals surface area contributed by atoms with Gasteiger partial charge < -0.3 is 0 Å². The van der Waals surface area contributed by atoms with Gasteiger partial charge in [0.05, 0.1) is 50.6 Å². The molecule has 0 atom stereocenters. The van der Waals surface area contributed by atoms with Gasteiger partial charge in [0, 0.05) is 0 Å². The van der Waals surface area contributed by atoms with Crippen LogP contribution in [0.25, 0.3) is 22.1 Å². The van der Waals surface area contributed by atoms with E-state index < -0.39 is 0 Å². The highest BCUT2D eigenvalue weighted by Crippen LogP contribution is 2.60. The average molecular weight is 546 g/mol. The van der Waals surface area contributed by atoms with Crippen LogP contribution in [0, 0.1) is 0 Å². The second-order valence-electron chi connectivity index (χ2n) is 6.16. The summed E-state index contributed by atoms with van der Waals surface area (Å²) < 4.78 is 2.21. The molecular weight excluding hydrogens is 542 g/mol. The van der Waals surface area contributed by atoms with Gasteiger partial charge >= 0.3 is 0 Å². The number of aromatic nitrogens is 4. The summed E-state index contributed by atoms with van der Waals surface area (Å²) in [5, 5.41) is 5.29. The molecule has 4 heterocycles. The fraction of sp³-hybridized carbons (Fsp3) is 0. The van der Waals surface area contributed by atoms with Crippen molar-refractivity contribution < 1.29 is 0 Å². The lowest BCUT2D eigenvalue weighted by molar-refractivity contribution is 0.981. The first-order valence-corrected chi connectivity index (χ1v) is 13.0. The molecule has 0 unspecified atom stereocenters. The SMILES string of the molecule is Clc1cc2nc3c(nc2cc1Cl)SC(=C1Sc2nc4cc(Cl)c(Cl)cc4nc2S1)S3. The molecule has 30 heavy (non-hydrogen) atoms. The topological polar surface area (TPSA) is 51.6 Å². The van der Waals surface area contributed by atoms with Gasteiger partial charge in [-0.25, -0.2) is 19.9 Å². The molecule has 0 saturated carbocycles. The third-order valence-corrected chi connectivity index (χ3v) is 10.9. The summed E-state index contributed by atoms with van der Waals surface area (Å²) in [4.78, 5) is 18.9. The highest BCUT2D eigenvalue weighted by Gasteiger charge is 2.31. The van der Waals surface area contributed by atoms with Crippen molar-refractivity contribution in [2.45, 2.75) is 20.1 Å². The van der Waals surface area contributed by atoms with Crippen molar-refractivity contribution >= 4 is 116 Å². The molecule has 2 aliphatic rings. The highest BCUT2D eigenvalue weighted by molar-refractivity contribution is 8.30. The van der Waals surface area contributed by atoms with Gasteiger partial charge in [-0.2, -0.15) is 0 Å². The predicted molar refractivity (Wildman–Crippen MR) is 130 cm³/mol. The van der Waals surface area contributed by atoms with Crippen molar-refractivity contribution in [2.24, 2.45) is 0 Å². The molecule has 4 nitrogen and oxygen atoms in total. The lowest BCUT2D eigenvalue weighted by atomic mass is 10.3. The van der Waals surface area contributed by atoms with Crippen molar-refractivity contribution in [3.63, 3.8) is 0 Å². The maximum atomic E-state index is 6.13. The predicted octanol–water partition coefficient (Wildman–Crippen LogP) is 8.41. The Bertz CT molecular complexity index is 1250. The van der Waals surface area contributed by atoms with Crippen LogP contribution >= 0.6 is 93.5 Å². The Balaban J connectivity index is 1.38. The van der Waals surface area contributed by atoms with Gasteiger partial charge in [-0.05, 0) is 24.3 Å². The molecule has 0 amide bonds. The summed E-state index contributed by atoms with van der Waals surface area (Å²) in [7, 11) is 0. The molecule has 2 aliphatic heterocycles. The van der Waals surface area contributed by atoms with Gasteiger partial charge in [-0.1, -0.05) is 93.5 Å². The zero-order valence-corrected chi connectivity index (χ0v) is 20.5. The second-order valence-corrected chi connectivity index (χ2v) is 12.3. The molecule has 148 valence electrons. The molecule has 0 aliphatic carbocycles. The molecule has 0 N–H and O–H groups in total. The minimum atomic E-state index is 0.467. The van der Waals surface area contributed by atoms with E-state index >= 15 is 0 Å². The fourth-order valence-electron chi connectivity index (χ4n) is 2.86. The van der Waals surface area contributed by atoms with E-state index in [9.17, 15) is 0 Å². The van der Waals surface area contributed by atoms with Crippen LogP contribution in [0.1, 0.15) is 0 Å². The number of hydrogen-bond donors (Lipinski definition) is 0. The first-order chi connectivity index (χ1) is 14.4. The third-order valence-electron chi connectivity index (χ3n) is 4.21. The molecule has 2 aromatic carbocycles. The maximum Gasteiger partial charge on any atom is 0.135 e. The molecule has 0 bridgehead atoms. The van der Waals surface area contributed by atoms with E-state index in [0.717, 1.165) is 50.6 Å². The van der Waals surface area contributed by atoms with E-state index in [2.05, 4.69) is 0 Å². The van der Waals surface area contributed by atoms with Crippen molar-refractivity contribution in [1.29, 1.82) is 0 Å². The van der Waals surface area contributed by atoms with Gasteiger partial charge in [0.25, 0.3) is 0 Å². The summed E-state index contributed by atoms with van der Waals surface area (Å²) in [5.74, 6) is 0. The van der Waals surface area contributed by atoms with Crippen molar-refractivity contribution in [3.05, 3.63) is 52.8 Å². The van der Waals surface area contributed by atoms with Gasteiger partial charge in [-0.3, -0.25) is 0 Å². The molecule has 12 heteroatoms. The Morgan fingerprint density at radius 3 is 0.900 bits per heavy atom. The van der Waals surface area contributed by atoms with Crippen LogP contribution < -0.4 is 0 Å². The monoisotopic (exact) mass is 544 g/mol. The van der Waals surface area contributed by atoms with Crippen molar-refractivity contribution in [1.82, 2.24) is 19.9 Å². The minimum absolute atomic E-state index is 0.467. The van der Waals surface area contributed by atoms with Crippen molar-refractivity contribution in [3.8, 4) is 0 Å². The van der Waals surface area contributed by atoms with Crippen LogP contribution in [-0.4, -0.2) is 19.9 Å². The summed E-state index contributed by atoms with van der Waals surface area (Å²) in [6.45, 7) is 0. The number of thioether (sulfide) groups is 4. The van der Waals surface area contributed by atoms with E-state index in [0.29, 0.717) is 20.1 Å². The number of benzene rings is 2. The molecule has 0 radical (unpaired) electrons. The quantitative estimate of drug-likeness (QED) is 0.218. The summed E-state index contributed by atoms with van der Waals surface area (Å²) >= 11 is 30.9. The Kier molecular flexibility index (Phi) is 5.01. The third kappa shape index (κ3) is 3.36. The smallest absolute Gasteiger partial charge is 0.135 e. The molecule has 4 aromatic rings. The zero-order valence-electron chi connectivity index (χ0n) is 14.2. The number of fused-ring (bicyclic) bond motifs is 4. The molecular formula is C18H4Cl4N4S4. The van der Waals surface area contributed by atoms with Crippen LogP contribution in [0.2, 0.25) is 20.1 Å². The normalized spacial score (nSPS) is 15.3.